The molecule has 1 aromatic rings. The number of hydrogen-bond donors (Lipinski definition) is 1. The van der Waals surface area contributed by atoms with Crippen LogP contribution < -0.4 is 9.47 Å². The lowest BCUT2D eigenvalue weighted by molar-refractivity contribution is -0.140. The van der Waals surface area contributed by atoms with E-state index in [-0.39, 0.29) is 25.0 Å². The average Bonchev–Trinajstić information content (AvgIpc) is 2.55. The zero-order chi connectivity index (χ0) is 15.2. The second-order valence-corrected chi connectivity index (χ2v) is 4.85. The number of aliphatic hydroxyl groups is 1. The van der Waals surface area contributed by atoms with Crippen LogP contribution in [0.15, 0.2) is 18.2 Å². The first-order valence-corrected chi connectivity index (χ1v) is 6.88. The minimum absolute atomic E-state index is 0.0409. The summed E-state index contributed by atoms with van der Waals surface area (Å²) in [5.41, 5.74) is 0.798. The Labute approximate surface area is 124 Å². The molecular weight excluding hydrogens is 274 g/mol. The van der Waals surface area contributed by atoms with Crippen LogP contribution >= 0.6 is 0 Å². The van der Waals surface area contributed by atoms with Gasteiger partial charge in [0.2, 0.25) is 5.91 Å². The maximum atomic E-state index is 12.4. The predicted molar refractivity (Wildman–Crippen MR) is 76.7 cm³/mol. The van der Waals surface area contributed by atoms with Gasteiger partial charge in [-0.2, -0.15) is 0 Å². The molecule has 1 saturated heterocycles. The lowest BCUT2D eigenvalue weighted by Crippen LogP contribution is -2.51. The van der Waals surface area contributed by atoms with Crippen LogP contribution in [0.5, 0.6) is 11.5 Å². The summed E-state index contributed by atoms with van der Waals surface area (Å²) in [7, 11) is 3.15. The molecule has 0 aliphatic carbocycles. The summed E-state index contributed by atoms with van der Waals surface area (Å²) in [6, 6.07) is 5.11. The van der Waals surface area contributed by atoms with Crippen molar-refractivity contribution >= 4 is 5.91 Å². The van der Waals surface area contributed by atoms with Crippen molar-refractivity contribution < 1.29 is 24.1 Å². The summed E-state index contributed by atoms with van der Waals surface area (Å²) in [4.78, 5) is 14.1. The molecule has 0 radical (unpaired) electrons. The number of nitrogens with zero attached hydrogens (tertiary/aromatic N) is 1. The molecule has 6 heteroatoms. The normalized spacial score (nSPS) is 18.4. The number of amides is 1. The molecule has 1 heterocycles. The number of methoxy groups -OCH3 is 2. The van der Waals surface area contributed by atoms with Gasteiger partial charge in [0.15, 0.2) is 0 Å². The fraction of sp³-hybridized carbons (Fsp3) is 0.533. The molecule has 116 valence electrons. The number of ether oxygens (including phenoxy) is 3. The molecule has 1 aromatic carbocycles. The minimum Gasteiger partial charge on any atom is -0.497 e. The maximum absolute atomic E-state index is 12.4. The van der Waals surface area contributed by atoms with Crippen molar-refractivity contribution in [2.24, 2.45) is 0 Å². The highest BCUT2D eigenvalue weighted by molar-refractivity contribution is 5.80. The van der Waals surface area contributed by atoms with E-state index < -0.39 is 0 Å². The standard InChI is InChI=1S/C15H21NO5/c1-19-13-4-3-11(14(8-13)20-2)7-15(18)16-5-6-21-10-12(16)9-17/h3-4,8,12,17H,5-7,9-10H2,1-2H3. The van der Waals surface area contributed by atoms with Gasteiger partial charge in [-0.1, -0.05) is 6.07 Å². The van der Waals surface area contributed by atoms with Gasteiger partial charge in [0.25, 0.3) is 0 Å². The van der Waals surface area contributed by atoms with Gasteiger partial charge in [0, 0.05) is 18.2 Å². The van der Waals surface area contributed by atoms with Gasteiger partial charge in [-0.25, -0.2) is 0 Å². The first kappa shape index (κ1) is 15.6. The quantitative estimate of drug-likeness (QED) is 0.855. The zero-order valence-electron chi connectivity index (χ0n) is 12.4. The molecule has 1 atom stereocenters. The number of carbonyl (C=O) groups excluding carboxylic acids is 1. The Morgan fingerprint density at radius 1 is 1.43 bits per heavy atom. The van der Waals surface area contributed by atoms with E-state index >= 15 is 0 Å². The molecule has 21 heavy (non-hydrogen) atoms. The first-order chi connectivity index (χ1) is 10.2. The van der Waals surface area contributed by atoms with Crippen molar-refractivity contribution in [3.8, 4) is 11.5 Å². The smallest absolute Gasteiger partial charge is 0.227 e. The van der Waals surface area contributed by atoms with Crippen LogP contribution in [-0.4, -0.2) is 62.5 Å². The molecule has 1 unspecified atom stereocenters. The third-order valence-electron chi connectivity index (χ3n) is 3.59. The van der Waals surface area contributed by atoms with Crippen LogP contribution in [0.25, 0.3) is 0 Å². The molecule has 1 aliphatic heterocycles. The monoisotopic (exact) mass is 295 g/mol. The van der Waals surface area contributed by atoms with Crippen LogP contribution in [0.1, 0.15) is 5.56 Å². The van der Waals surface area contributed by atoms with Gasteiger partial charge in [-0.05, 0) is 6.07 Å². The van der Waals surface area contributed by atoms with E-state index in [0.717, 1.165) is 5.56 Å². The van der Waals surface area contributed by atoms with Gasteiger partial charge in [0.1, 0.15) is 11.5 Å². The highest BCUT2D eigenvalue weighted by atomic mass is 16.5. The molecule has 0 bridgehead atoms. The van der Waals surface area contributed by atoms with Crippen molar-refractivity contribution in [1.29, 1.82) is 0 Å². The van der Waals surface area contributed by atoms with E-state index in [9.17, 15) is 9.90 Å². The maximum Gasteiger partial charge on any atom is 0.227 e. The molecule has 1 aliphatic rings. The van der Waals surface area contributed by atoms with Gasteiger partial charge in [-0.15, -0.1) is 0 Å². The summed E-state index contributed by atoms with van der Waals surface area (Å²) in [6.07, 6.45) is 0.226. The van der Waals surface area contributed by atoms with E-state index in [1.807, 2.05) is 6.07 Å². The first-order valence-electron chi connectivity index (χ1n) is 6.88. The number of aliphatic hydroxyl groups excluding tert-OH is 1. The van der Waals surface area contributed by atoms with Gasteiger partial charge in [-0.3, -0.25) is 4.79 Å². The van der Waals surface area contributed by atoms with Crippen LogP contribution in [0.3, 0.4) is 0 Å². The second kappa shape index (κ2) is 7.28. The number of hydrogen-bond acceptors (Lipinski definition) is 5. The van der Waals surface area contributed by atoms with E-state index in [2.05, 4.69) is 0 Å². The molecule has 6 nitrogen and oxygen atoms in total. The minimum atomic E-state index is -0.268. The molecule has 1 amide bonds. The van der Waals surface area contributed by atoms with E-state index in [0.29, 0.717) is 31.3 Å². The second-order valence-electron chi connectivity index (χ2n) is 4.85. The van der Waals surface area contributed by atoms with Crippen molar-refractivity contribution in [1.82, 2.24) is 4.90 Å². The Balaban J connectivity index is 2.11. The molecule has 0 aromatic heterocycles. The van der Waals surface area contributed by atoms with E-state index in [1.54, 1.807) is 31.3 Å². The van der Waals surface area contributed by atoms with Gasteiger partial charge >= 0.3 is 0 Å². The number of morpholine rings is 1. The lowest BCUT2D eigenvalue weighted by atomic mass is 10.1. The Morgan fingerprint density at radius 2 is 2.24 bits per heavy atom. The van der Waals surface area contributed by atoms with Crippen LogP contribution in [0.2, 0.25) is 0 Å². The van der Waals surface area contributed by atoms with Gasteiger partial charge < -0.3 is 24.2 Å². The number of rotatable bonds is 5. The Kier molecular flexibility index (Phi) is 5.41. The van der Waals surface area contributed by atoms with Crippen molar-refractivity contribution in [3.05, 3.63) is 23.8 Å². The molecule has 0 saturated carbocycles. The van der Waals surface area contributed by atoms with Crippen molar-refractivity contribution in [2.45, 2.75) is 12.5 Å². The molecule has 2 rings (SSSR count). The SMILES string of the molecule is COc1ccc(CC(=O)N2CCOCC2CO)c(OC)c1. The fourth-order valence-corrected chi connectivity index (χ4v) is 2.40. The third kappa shape index (κ3) is 3.65. The topological polar surface area (TPSA) is 68.2 Å². The summed E-state index contributed by atoms with van der Waals surface area (Å²) < 4.78 is 15.7. The Hall–Kier alpha value is -1.79. The number of benzene rings is 1. The zero-order valence-corrected chi connectivity index (χ0v) is 12.4. The Bertz CT molecular complexity index is 491. The molecule has 0 spiro atoms. The van der Waals surface area contributed by atoms with Crippen molar-refractivity contribution in [2.75, 3.05) is 40.6 Å². The summed E-state index contributed by atoms with van der Waals surface area (Å²) in [5, 5.41) is 9.33. The summed E-state index contributed by atoms with van der Waals surface area (Å²) in [5.74, 6) is 1.26. The van der Waals surface area contributed by atoms with Gasteiger partial charge in [0.05, 0.1) is 46.5 Å². The molecule has 1 fully saturated rings. The summed E-state index contributed by atoms with van der Waals surface area (Å²) in [6.45, 7) is 1.29. The van der Waals surface area contributed by atoms with Crippen LogP contribution in [-0.2, 0) is 16.0 Å². The molecule has 1 N–H and O–H groups in total. The fourth-order valence-electron chi connectivity index (χ4n) is 2.40. The highest BCUT2D eigenvalue weighted by Crippen LogP contribution is 2.25. The highest BCUT2D eigenvalue weighted by Gasteiger charge is 2.27. The van der Waals surface area contributed by atoms with Crippen LogP contribution in [0, 0.1) is 0 Å². The van der Waals surface area contributed by atoms with Crippen LogP contribution in [0.4, 0.5) is 0 Å². The van der Waals surface area contributed by atoms with Crippen molar-refractivity contribution in [3.63, 3.8) is 0 Å². The number of carbonyl (C=O) groups is 1. The summed E-state index contributed by atoms with van der Waals surface area (Å²) >= 11 is 0. The average molecular weight is 295 g/mol. The lowest BCUT2D eigenvalue weighted by Gasteiger charge is -2.34. The largest absolute Gasteiger partial charge is 0.497 e. The van der Waals surface area contributed by atoms with E-state index in [4.69, 9.17) is 14.2 Å². The Morgan fingerprint density at radius 3 is 2.90 bits per heavy atom. The third-order valence-corrected chi connectivity index (χ3v) is 3.59. The predicted octanol–water partition coefficient (Wildman–Crippen LogP) is 0.466. The van der Waals surface area contributed by atoms with E-state index in [1.165, 1.54) is 0 Å². The molecular formula is C15H21NO5.